The molecular formula is C22H30N7O14P2+. The Morgan fingerprint density at radius 1 is 1.02 bits per heavy atom. The molecule has 2 fully saturated rings. The second-order valence-corrected chi connectivity index (χ2v) is 13.1. The van der Waals surface area contributed by atoms with Crippen LogP contribution in [0.15, 0.2) is 30.9 Å². The van der Waals surface area contributed by atoms with Gasteiger partial charge >= 0.3 is 15.6 Å². The van der Waals surface area contributed by atoms with Crippen molar-refractivity contribution in [2.45, 2.75) is 56.0 Å². The number of primary amides is 1. The highest BCUT2D eigenvalue weighted by Gasteiger charge is 2.50. The molecule has 2 aliphatic heterocycles. The number of aliphatic hydroxyl groups is 4. The monoisotopic (exact) mass is 678 g/mol. The first kappa shape index (κ1) is 33.4. The summed E-state index contributed by atoms with van der Waals surface area (Å²) in [6.07, 6.45) is -8.08. The zero-order valence-corrected chi connectivity index (χ0v) is 24.9. The summed E-state index contributed by atoms with van der Waals surface area (Å²) < 4.78 is 52.3. The number of aromatic nitrogens is 5. The summed E-state index contributed by atoms with van der Waals surface area (Å²) in [5.74, 6) is -0.418. The highest BCUT2D eigenvalue weighted by molar-refractivity contribution is 7.61. The van der Waals surface area contributed by atoms with Crippen molar-refractivity contribution in [2.24, 2.45) is 5.73 Å². The minimum absolute atomic E-state index is 0.0580. The second kappa shape index (κ2) is 12.6. The van der Waals surface area contributed by atoms with Crippen LogP contribution in [0.2, 0.25) is 0 Å². The molecule has 23 heteroatoms. The zero-order chi connectivity index (χ0) is 32.8. The highest BCUT2D eigenvalue weighted by atomic mass is 31.3. The fourth-order valence-electron chi connectivity index (χ4n) is 4.84. The third kappa shape index (κ3) is 6.91. The number of nitrogens with two attached hydrogens (primary N) is 2. The maximum Gasteiger partial charge on any atom is 0.481 e. The van der Waals surface area contributed by atoms with Gasteiger partial charge in [0.25, 0.3) is 12.1 Å². The summed E-state index contributed by atoms with van der Waals surface area (Å²) >= 11 is 0. The fraction of sp³-hybridized carbons (Fsp3) is 0.500. The van der Waals surface area contributed by atoms with E-state index < -0.39 is 83.8 Å². The van der Waals surface area contributed by atoms with Crippen molar-refractivity contribution >= 4 is 38.5 Å². The molecule has 0 aliphatic carbocycles. The van der Waals surface area contributed by atoms with Crippen LogP contribution < -0.4 is 16.0 Å². The summed E-state index contributed by atoms with van der Waals surface area (Å²) in [5, 5.41) is 41.9. The predicted molar refractivity (Wildman–Crippen MR) is 144 cm³/mol. The largest absolute Gasteiger partial charge is 0.481 e. The minimum atomic E-state index is -5.38. The molecule has 0 saturated carbocycles. The van der Waals surface area contributed by atoms with Crippen molar-refractivity contribution in [3.8, 4) is 0 Å². The molecule has 2 unspecified atom stereocenters. The number of pyridine rings is 1. The van der Waals surface area contributed by atoms with Crippen molar-refractivity contribution in [3.63, 3.8) is 0 Å². The molecule has 10 N–H and O–H groups in total. The van der Waals surface area contributed by atoms with Gasteiger partial charge in [-0.05, 0) is 13.0 Å². The van der Waals surface area contributed by atoms with Crippen molar-refractivity contribution in [2.75, 3.05) is 18.9 Å². The molecule has 1 amide bonds. The average Bonchev–Trinajstić information content (AvgIpc) is 3.56. The number of aliphatic hydroxyl groups excluding tert-OH is 4. The molecule has 3 aromatic heterocycles. The number of nitrogens with zero attached hydrogens (tertiary/aromatic N) is 5. The molecule has 246 valence electrons. The number of phosphoric ester groups is 2. The summed E-state index contributed by atoms with van der Waals surface area (Å²) in [7, 11) is -10.8. The SMILES string of the molecule is Cc1nc2c(N)ncnc2n1[C@@H]1O[C@H](COP(=O)(O)OP(=O)(O)OC[C@H]2O[C@@H]([n+]3cccc(C(N)=O)c3)[C@H](O)[C@@H]2O)[C@@H](O)[C@H]1O. The van der Waals surface area contributed by atoms with Crippen molar-refractivity contribution in [3.05, 3.63) is 42.2 Å². The number of imidazole rings is 1. The van der Waals surface area contributed by atoms with E-state index in [4.69, 9.17) is 30.0 Å². The van der Waals surface area contributed by atoms with Gasteiger partial charge in [0.05, 0.1) is 13.2 Å². The van der Waals surface area contributed by atoms with E-state index >= 15 is 0 Å². The minimum Gasteiger partial charge on any atom is -0.387 e. The summed E-state index contributed by atoms with van der Waals surface area (Å²) in [6.45, 7) is -0.243. The van der Waals surface area contributed by atoms with Crippen molar-refractivity contribution in [1.82, 2.24) is 19.5 Å². The van der Waals surface area contributed by atoms with E-state index in [2.05, 4.69) is 19.3 Å². The molecule has 2 saturated heterocycles. The molecule has 45 heavy (non-hydrogen) atoms. The van der Waals surface area contributed by atoms with Crippen LogP contribution in [0.1, 0.15) is 28.6 Å². The Bertz CT molecular complexity index is 1680. The quantitative estimate of drug-likeness (QED) is 0.0755. The average molecular weight is 678 g/mol. The third-order valence-electron chi connectivity index (χ3n) is 7.02. The number of anilines is 1. The molecule has 3 aromatic rings. The number of carbonyl (C=O) groups is 1. The molecular weight excluding hydrogens is 648 g/mol. The van der Waals surface area contributed by atoms with Crippen LogP contribution in [-0.2, 0) is 32.0 Å². The van der Waals surface area contributed by atoms with Gasteiger partial charge in [-0.2, -0.15) is 8.88 Å². The molecule has 0 bridgehead atoms. The first-order chi connectivity index (χ1) is 21.1. The highest BCUT2D eigenvalue weighted by Crippen LogP contribution is 2.60. The smallest absolute Gasteiger partial charge is 0.387 e. The predicted octanol–water partition coefficient (Wildman–Crippen LogP) is -2.71. The van der Waals surface area contributed by atoms with Crippen LogP contribution in [0, 0.1) is 6.92 Å². The maximum absolute atomic E-state index is 12.5. The van der Waals surface area contributed by atoms with Gasteiger partial charge in [-0.1, -0.05) is 0 Å². The Balaban J connectivity index is 1.17. The van der Waals surface area contributed by atoms with Crippen LogP contribution in [0.4, 0.5) is 5.82 Å². The van der Waals surface area contributed by atoms with Gasteiger partial charge in [0.15, 0.2) is 41.7 Å². The first-order valence-corrected chi connectivity index (χ1v) is 16.0. The van der Waals surface area contributed by atoms with E-state index in [1.807, 2.05) is 0 Å². The number of phosphoric acid groups is 2. The van der Waals surface area contributed by atoms with Crippen LogP contribution in [0.5, 0.6) is 0 Å². The molecule has 0 spiro atoms. The molecule has 2 aliphatic rings. The van der Waals surface area contributed by atoms with E-state index in [0.717, 1.165) is 6.33 Å². The number of fused-ring (bicyclic) bond motifs is 1. The normalized spacial score (nSPS) is 31.2. The third-order valence-corrected chi connectivity index (χ3v) is 9.62. The number of carbonyl (C=O) groups excluding carboxylic acids is 1. The Labute approximate surface area is 252 Å². The van der Waals surface area contributed by atoms with E-state index in [0.29, 0.717) is 0 Å². The van der Waals surface area contributed by atoms with Crippen LogP contribution in [-0.4, -0.2) is 105 Å². The molecule has 0 aromatic carbocycles. The van der Waals surface area contributed by atoms with Gasteiger partial charge in [-0.3, -0.25) is 18.4 Å². The molecule has 10 atom stereocenters. The summed E-state index contributed by atoms with van der Waals surface area (Å²) in [4.78, 5) is 43.7. The van der Waals surface area contributed by atoms with E-state index in [9.17, 15) is 44.1 Å². The number of rotatable bonds is 11. The van der Waals surface area contributed by atoms with Gasteiger partial charge in [0, 0.05) is 6.07 Å². The second-order valence-electron chi connectivity index (χ2n) is 10.1. The van der Waals surface area contributed by atoms with Crippen LogP contribution >= 0.6 is 15.6 Å². The van der Waals surface area contributed by atoms with Crippen molar-refractivity contribution in [1.29, 1.82) is 0 Å². The van der Waals surface area contributed by atoms with Gasteiger partial charge < -0.3 is 51.2 Å². The molecule has 0 radical (unpaired) electrons. The lowest BCUT2D eigenvalue weighted by Crippen LogP contribution is -2.46. The van der Waals surface area contributed by atoms with Gasteiger partial charge in [0.1, 0.15) is 48.2 Å². The van der Waals surface area contributed by atoms with Crippen LogP contribution in [0.25, 0.3) is 11.2 Å². The lowest BCUT2D eigenvalue weighted by atomic mass is 10.1. The van der Waals surface area contributed by atoms with Gasteiger partial charge in [0.2, 0.25) is 0 Å². The molecule has 21 nitrogen and oxygen atoms in total. The number of nitrogen functional groups attached to an aromatic ring is 1. The Hall–Kier alpha value is -3.01. The number of aryl methyl sites for hydroxylation is 1. The topological polar surface area (TPSA) is 318 Å². The van der Waals surface area contributed by atoms with Crippen molar-refractivity contribution < 1.29 is 71.5 Å². The van der Waals surface area contributed by atoms with Gasteiger partial charge in [-0.25, -0.2) is 24.1 Å². The maximum atomic E-state index is 12.5. The van der Waals surface area contributed by atoms with E-state index in [-0.39, 0.29) is 28.4 Å². The van der Waals surface area contributed by atoms with E-state index in [1.54, 1.807) is 6.92 Å². The molecule has 5 heterocycles. The number of ether oxygens (including phenoxy) is 2. The Morgan fingerprint density at radius 3 is 2.29 bits per heavy atom. The summed E-state index contributed by atoms with van der Waals surface area (Å²) in [5.41, 5.74) is 11.5. The Kier molecular flexibility index (Phi) is 9.38. The van der Waals surface area contributed by atoms with E-state index in [1.165, 1.54) is 33.7 Å². The zero-order valence-electron chi connectivity index (χ0n) is 23.2. The number of hydrogen-bond donors (Lipinski definition) is 8. The lowest BCUT2D eigenvalue weighted by molar-refractivity contribution is -0.765. The number of hydrogen-bond acceptors (Lipinski definition) is 16. The fourth-order valence-corrected chi connectivity index (χ4v) is 6.93. The van der Waals surface area contributed by atoms with Crippen LogP contribution in [0.3, 0.4) is 0 Å². The summed E-state index contributed by atoms with van der Waals surface area (Å²) in [6, 6.07) is 2.84. The molecule has 5 rings (SSSR count). The standard InChI is InChI=1S/C22H29N7O14P2/c1-9-27-13-18(23)25-8-26-20(13)29(9)22-17(33)15(31)12(42-22)7-40-45(37,38)43-44(35,36)39-6-11-14(30)16(32)21(41-11)28-4-2-3-10(5-28)19(24)34/h2-5,8,11-12,14-17,21-22,30-33H,6-7H2,1H3,(H5-,23,24,25,26,34,35,36,37,38)/p+1/t11-,12-,14-,15-,16-,17-,21-,22-/m1/s1. The van der Waals surface area contributed by atoms with Gasteiger partial charge in [-0.15, -0.1) is 0 Å². The lowest BCUT2D eigenvalue weighted by Gasteiger charge is -2.20. The number of amides is 1. The first-order valence-electron chi connectivity index (χ1n) is 13.0. The Morgan fingerprint density at radius 2 is 1.64 bits per heavy atom.